The van der Waals surface area contributed by atoms with Crippen LogP contribution in [0.15, 0.2) is 47.0 Å². The highest BCUT2D eigenvalue weighted by molar-refractivity contribution is 6.13. The summed E-state index contributed by atoms with van der Waals surface area (Å²) >= 11 is 0. The molecule has 4 N–H and O–H groups in total. The van der Waals surface area contributed by atoms with Crippen molar-refractivity contribution >= 4 is 23.0 Å². The Labute approximate surface area is 156 Å². The first-order chi connectivity index (χ1) is 12.9. The Morgan fingerprint density at radius 3 is 2.67 bits per heavy atom. The van der Waals surface area contributed by atoms with Crippen molar-refractivity contribution in [2.45, 2.75) is 13.8 Å². The molecule has 27 heavy (non-hydrogen) atoms. The van der Waals surface area contributed by atoms with Crippen LogP contribution in [0.1, 0.15) is 38.7 Å². The number of nitrogen functional groups attached to an aromatic ring is 1. The van der Waals surface area contributed by atoms with Gasteiger partial charge in [-0.25, -0.2) is 4.98 Å². The summed E-state index contributed by atoms with van der Waals surface area (Å²) in [6, 6.07) is 11.9. The van der Waals surface area contributed by atoms with Gasteiger partial charge in [-0.3, -0.25) is 10.2 Å². The lowest BCUT2D eigenvalue weighted by atomic mass is 10.0. The van der Waals surface area contributed by atoms with Gasteiger partial charge in [0.15, 0.2) is 5.76 Å². The zero-order valence-electron chi connectivity index (χ0n) is 14.8. The van der Waals surface area contributed by atoms with Crippen molar-refractivity contribution in [2.75, 3.05) is 11.1 Å². The number of furan rings is 1. The minimum Gasteiger partial charge on any atom is -0.460 e. The average Bonchev–Trinajstić information content (AvgIpc) is 3.08. The molecule has 1 aromatic carbocycles. The lowest BCUT2D eigenvalue weighted by Crippen LogP contribution is -2.16. The van der Waals surface area contributed by atoms with Gasteiger partial charge in [-0.1, -0.05) is 0 Å². The molecule has 134 valence electrons. The molecule has 2 heterocycles. The van der Waals surface area contributed by atoms with Gasteiger partial charge in [0.2, 0.25) is 0 Å². The van der Waals surface area contributed by atoms with Crippen LogP contribution >= 0.6 is 0 Å². The maximum absolute atomic E-state index is 12.5. The molecule has 0 aliphatic rings. The van der Waals surface area contributed by atoms with Gasteiger partial charge in [-0.2, -0.15) is 5.26 Å². The first-order valence-electron chi connectivity index (χ1n) is 8.12. The smallest absolute Gasteiger partial charge is 0.274 e. The van der Waals surface area contributed by atoms with Gasteiger partial charge in [0.1, 0.15) is 23.2 Å². The molecule has 0 unspecified atom stereocenters. The molecular formula is C20H17N5O2. The zero-order chi connectivity index (χ0) is 19.6. The first-order valence-corrected chi connectivity index (χ1v) is 8.12. The van der Waals surface area contributed by atoms with Crippen LogP contribution in [-0.4, -0.2) is 16.6 Å². The van der Waals surface area contributed by atoms with Crippen LogP contribution in [0.25, 0.3) is 0 Å². The van der Waals surface area contributed by atoms with Gasteiger partial charge in [0, 0.05) is 23.1 Å². The molecule has 0 aliphatic heterocycles. The minimum absolute atomic E-state index is 0.129. The number of carbonyl (C=O) groups is 1. The van der Waals surface area contributed by atoms with E-state index in [2.05, 4.69) is 10.3 Å². The van der Waals surface area contributed by atoms with E-state index in [-0.39, 0.29) is 11.4 Å². The van der Waals surface area contributed by atoms with E-state index in [1.54, 1.807) is 50.2 Å². The molecule has 3 rings (SSSR count). The third-order valence-corrected chi connectivity index (χ3v) is 3.99. The first kappa shape index (κ1) is 17.9. The number of nitriles is 1. The van der Waals surface area contributed by atoms with Crippen LogP contribution in [0, 0.1) is 30.6 Å². The lowest BCUT2D eigenvalue weighted by molar-refractivity contribution is 0.102. The Hall–Kier alpha value is -3.92. The van der Waals surface area contributed by atoms with Gasteiger partial charge in [-0.15, -0.1) is 0 Å². The number of nitrogens with two attached hydrogens (primary N) is 1. The Bertz CT molecular complexity index is 1090. The number of aryl methyl sites for hydroxylation is 2. The number of pyridine rings is 1. The summed E-state index contributed by atoms with van der Waals surface area (Å²) in [5.74, 6) is 0.681. The van der Waals surface area contributed by atoms with Gasteiger partial charge >= 0.3 is 0 Å². The van der Waals surface area contributed by atoms with Crippen LogP contribution in [0.3, 0.4) is 0 Å². The molecule has 3 aromatic rings. The van der Waals surface area contributed by atoms with Crippen molar-refractivity contribution in [3.63, 3.8) is 0 Å². The van der Waals surface area contributed by atoms with Crippen LogP contribution in [0.4, 0.5) is 11.4 Å². The standard InChI is InChI=1S/C20H17N5O2/c1-11-7-13(9-21)10-24-19(11)20(26)25-14-4-5-16(22)15(8-14)18(23)17-6-3-12(2)27-17/h3-8,10,23H,22H2,1-2H3,(H,25,26). The molecule has 0 radical (unpaired) electrons. The lowest BCUT2D eigenvalue weighted by Gasteiger charge is -2.11. The number of hydrogen-bond donors (Lipinski definition) is 3. The summed E-state index contributed by atoms with van der Waals surface area (Å²) in [6.45, 7) is 3.51. The van der Waals surface area contributed by atoms with Crippen molar-refractivity contribution in [3.05, 3.63) is 76.5 Å². The van der Waals surface area contributed by atoms with Crippen molar-refractivity contribution in [2.24, 2.45) is 0 Å². The quantitative estimate of drug-likeness (QED) is 0.485. The number of anilines is 2. The van der Waals surface area contributed by atoms with Gasteiger partial charge in [0.05, 0.1) is 5.56 Å². The second-order valence-electron chi connectivity index (χ2n) is 6.04. The van der Waals surface area contributed by atoms with E-state index < -0.39 is 5.91 Å². The fraction of sp³-hybridized carbons (Fsp3) is 0.100. The second-order valence-corrected chi connectivity index (χ2v) is 6.04. The highest BCUT2D eigenvalue weighted by atomic mass is 16.3. The van der Waals surface area contributed by atoms with Crippen LogP contribution in [0.5, 0.6) is 0 Å². The molecule has 0 bridgehead atoms. The highest BCUT2D eigenvalue weighted by Gasteiger charge is 2.15. The number of nitrogens with one attached hydrogen (secondary N) is 2. The average molecular weight is 359 g/mol. The molecular weight excluding hydrogens is 342 g/mol. The van der Waals surface area contributed by atoms with Crippen molar-refractivity contribution in [1.82, 2.24) is 4.98 Å². The predicted molar refractivity (Wildman–Crippen MR) is 102 cm³/mol. The normalized spacial score (nSPS) is 10.3. The van der Waals surface area contributed by atoms with Gasteiger partial charge < -0.3 is 15.5 Å². The molecule has 7 nitrogen and oxygen atoms in total. The summed E-state index contributed by atoms with van der Waals surface area (Å²) in [7, 11) is 0. The highest BCUT2D eigenvalue weighted by Crippen LogP contribution is 2.23. The Morgan fingerprint density at radius 1 is 1.26 bits per heavy atom. The van der Waals surface area contributed by atoms with E-state index >= 15 is 0 Å². The maximum atomic E-state index is 12.5. The number of benzene rings is 1. The number of amides is 1. The topological polar surface area (TPSA) is 129 Å². The van der Waals surface area contributed by atoms with E-state index in [9.17, 15) is 4.79 Å². The molecule has 0 atom stereocenters. The molecule has 0 fully saturated rings. The molecule has 0 aliphatic carbocycles. The Kier molecular flexibility index (Phi) is 4.73. The minimum atomic E-state index is -0.409. The van der Waals surface area contributed by atoms with E-state index in [0.717, 1.165) is 0 Å². The molecule has 0 spiro atoms. The summed E-state index contributed by atoms with van der Waals surface area (Å²) < 4.78 is 5.48. The van der Waals surface area contributed by atoms with E-state index in [1.165, 1.54) is 6.20 Å². The van der Waals surface area contributed by atoms with Crippen LogP contribution < -0.4 is 11.1 Å². The van der Waals surface area contributed by atoms with Crippen LogP contribution in [-0.2, 0) is 0 Å². The summed E-state index contributed by atoms with van der Waals surface area (Å²) in [5, 5.41) is 20.0. The molecule has 0 saturated carbocycles. The van der Waals surface area contributed by atoms with Crippen molar-refractivity contribution in [3.8, 4) is 6.07 Å². The number of nitrogens with zero attached hydrogens (tertiary/aromatic N) is 2. The third kappa shape index (κ3) is 3.70. The van der Waals surface area contributed by atoms with Gasteiger partial charge in [-0.05, 0) is 55.8 Å². The van der Waals surface area contributed by atoms with Crippen molar-refractivity contribution < 1.29 is 9.21 Å². The Balaban J connectivity index is 1.87. The monoisotopic (exact) mass is 359 g/mol. The number of aromatic nitrogens is 1. The molecule has 1 amide bonds. The number of carbonyl (C=O) groups excluding carboxylic acids is 1. The van der Waals surface area contributed by atoms with Crippen LogP contribution in [0.2, 0.25) is 0 Å². The second kappa shape index (κ2) is 7.14. The summed E-state index contributed by atoms with van der Waals surface area (Å²) in [6.07, 6.45) is 1.35. The Morgan fingerprint density at radius 2 is 2.04 bits per heavy atom. The SMILES string of the molecule is Cc1ccc(C(=N)c2cc(NC(=O)c3ncc(C#N)cc3C)ccc2N)o1. The number of rotatable bonds is 4. The maximum Gasteiger partial charge on any atom is 0.274 e. The fourth-order valence-electron chi connectivity index (χ4n) is 2.62. The molecule has 7 heteroatoms. The van der Waals surface area contributed by atoms with Gasteiger partial charge in [0.25, 0.3) is 5.91 Å². The number of hydrogen-bond acceptors (Lipinski definition) is 6. The van der Waals surface area contributed by atoms with E-state index in [4.69, 9.17) is 20.8 Å². The summed E-state index contributed by atoms with van der Waals surface area (Å²) in [4.78, 5) is 16.6. The third-order valence-electron chi connectivity index (χ3n) is 3.99. The molecule has 2 aromatic heterocycles. The fourth-order valence-corrected chi connectivity index (χ4v) is 2.62. The predicted octanol–water partition coefficient (Wildman–Crippen LogP) is 3.41. The van der Waals surface area contributed by atoms with E-state index in [0.29, 0.717) is 39.6 Å². The van der Waals surface area contributed by atoms with E-state index in [1.807, 2.05) is 6.07 Å². The summed E-state index contributed by atoms with van der Waals surface area (Å²) in [5.41, 5.74) is 8.67. The largest absolute Gasteiger partial charge is 0.460 e. The zero-order valence-corrected chi connectivity index (χ0v) is 14.8. The molecule has 0 saturated heterocycles. The van der Waals surface area contributed by atoms with Crippen molar-refractivity contribution in [1.29, 1.82) is 10.7 Å².